The van der Waals surface area contributed by atoms with E-state index in [9.17, 15) is 4.39 Å². The summed E-state index contributed by atoms with van der Waals surface area (Å²) in [6, 6.07) is 8.71. The largest absolute Gasteiger partial charge is 0.392 e. The summed E-state index contributed by atoms with van der Waals surface area (Å²) in [6.07, 6.45) is 6.58. The van der Waals surface area contributed by atoms with Gasteiger partial charge >= 0.3 is 0 Å². The molecule has 2 fully saturated rings. The fraction of sp³-hybridized carbons (Fsp3) is 0.385. The van der Waals surface area contributed by atoms with Gasteiger partial charge in [-0.2, -0.15) is 0 Å². The molecule has 2 aliphatic rings. The van der Waals surface area contributed by atoms with Gasteiger partial charge in [-0.05, 0) is 81.2 Å². The fourth-order valence-corrected chi connectivity index (χ4v) is 4.66. The molecule has 1 aliphatic heterocycles. The number of hydrogen-bond acceptors (Lipinski definition) is 7. The number of halogens is 1. The highest BCUT2D eigenvalue weighted by Gasteiger charge is 2.32. The SMILES string of the molecule is C=N/C(C)=C1C(=N/CN)\CC(c2ccc(F)cc2-c2cccnc2)CC\1=N/OC1CCNCC1. The highest BCUT2D eigenvalue weighted by atomic mass is 19.1. The quantitative estimate of drug-likeness (QED) is 0.496. The normalized spacial score (nSPS) is 23.2. The molecule has 1 aromatic heterocycles. The minimum atomic E-state index is -0.287. The van der Waals surface area contributed by atoms with Crippen molar-refractivity contribution < 1.29 is 9.23 Å². The van der Waals surface area contributed by atoms with Crippen LogP contribution in [0, 0.1) is 5.82 Å². The molecular weight excluding hydrogens is 431 g/mol. The van der Waals surface area contributed by atoms with E-state index in [1.54, 1.807) is 18.5 Å². The van der Waals surface area contributed by atoms with E-state index in [1.165, 1.54) is 6.07 Å². The van der Waals surface area contributed by atoms with E-state index in [-0.39, 0.29) is 24.5 Å². The first kappa shape index (κ1) is 23.9. The molecule has 1 unspecified atom stereocenters. The van der Waals surface area contributed by atoms with Crippen molar-refractivity contribution in [2.24, 2.45) is 20.9 Å². The van der Waals surface area contributed by atoms with Gasteiger partial charge in [-0.3, -0.25) is 15.0 Å². The smallest absolute Gasteiger partial charge is 0.130 e. The van der Waals surface area contributed by atoms with Crippen LogP contribution >= 0.6 is 0 Å². The van der Waals surface area contributed by atoms with E-state index in [2.05, 4.69) is 32.2 Å². The molecule has 8 heteroatoms. The average molecular weight is 463 g/mol. The van der Waals surface area contributed by atoms with Gasteiger partial charge in [0.15, 0.2) is 0 Å². The summed E-state index contributed by atoms with van der Waals surface area (Å²) >= 11 is 0. The number of oxime groups is 1. The van der Waals surface area contributed by atoms with E-state index in [0.29, 0.717) is 12.8 Å². The second-order valence-electron chi connectivity index (χ2n) is 8.58. The first-order valence-corrected chi connectivity index (χ1v) is 11.7. The van der Waals surface area contributed by atoms with Crippen LogP contribution in [0.2, 0.25) is 0 Å². The minimum absolute atomic E-state index is 0.0119. The van der Waals surface area contributed by atoms with Gasteiger partial charge in [0.2, 0.25) is 0 Å². The minimum Gasteiger partial charge on any atom is -0.392 e. The summed E-state index contributed by atoms with van der Waals surface area (Å²) in [7, 11) is 0. The third-order valence-electron chi connectivity index (χ3n) is 6.36. The standard InChI is InChI=1S/C26H31FN6O/c1-17(29-2)26-24(32-16-28)12-19(13-25(26)33-34-21-7-10-30-11-8-21)22-6-5-20(27)14-23(22)18-4-3-9-31-15-18/h3-6,9,14-15,19,21,30H,2,7-8,10-13,16,28H2,1H3/b26-17+,32-24-,33-25+. The predicted octanol–water partition coefficient (Wildman–Crippen LogP) is 4.22. The highest BCUT2D eigenvalue weighted by molar-refractivity contribution is 6.27. The number of nitrogens with two attached hydrogens (primary N) is 1. The van der Waals surface area contributed by atoms with Crippen molar-refractivity contribution in [3.05, 3.63) is 65.4 Å². The molecule has 34 heavy (non-hydrogen) atoms. The van der Waals surface area contributed by atoms with Gasteiger partial charge < -0.3 is 15.9 Å². The van der Waals surface area contributed by atoms with Crippen molar-refractivity contribution in [3.63, 3.8) is 0 Å². The molecule has 1 aromatic carbocycles. The van der Waals surface area contributed by atoms with Gasteiger partial charge in [0.05, 0.1) is 12.4 Å². The number of hydrogen-bond donors (Lipinski definition) is 2. The Morgan fingerprint density at radius 1 is 1.24 bits per heavy atom. The summed E-state index contributed by atoms with van der Waals surface area (Å²) < 4.78 is 14.3. The average Bonchev–Trinajstić information content (AvgIpc) is 2.88. The Morgan fingerprint density at radius 3 is 2.74 bits per heavy atom. The number of allylic oxidation sites excluding steroid dienone is 2. The maximum absolute atomic E-state index is 14.3. The fourth-order valence-electron chi connectivity index (χ4n) is 4.66. The van der Waals surface area contributed by atoms with Crippen molar-refractivity contribution in [2.75, 3.05) is 19.8 Å². The molecule has 4 rings (SSSR count). The Kier molecular flexibility index (Phi) is 7.92. The second kappa shape index (κ2) is 11.3. The van der Waals surface area contributed by atoms with Crippen molar-refractivity contribution in [1.29, 1.82) is 0 Å². The Balaban J connectivity index is 1.75. The van der Waals surface area contributed by atoms with E-state index >= 15 is 0 Å². The maximum atomic E-state index is 14.3. The molecule has 1 saturated carbocycles. The lowest BCUT2D eigenvalue weighted by Crippen LogP contribution is -2.32. The first-order valence-electron chi connectivity index (χ1n) is 11.7. The van der Waals surface area contributed by atoms with Crippen LogP contribution in [0.5, 0.6) is 0 Å². The third-order valence-corrected chi connectivity index (χ3v) is 6.36. The van der Waals surface area contributed by atoms with Gasteiger partial charge in [0, 0.05) is 41.4 Å². The number of benzene rings is 1. The number of piperidine rings is 1. The molecule has 1 saturated heterocycles. The van der Waals surface area contributed by atoms with E-state index in [1.807, 2.05) is 25.1 Å². The topological polar surface area (TPSA) is 97.2 Å². The molecule has 0 amide bonds. The van der Waals surface area contributed by atoms with Crippen LogP contribution in [-0.4, -0.2) is 49.0 Å². The van der Waals surface area contributed by atoms with Crippen molar-refractivity contribution in [3.8, 4) is 11.1 Å². The molecule has 0 radical (unpaired) electrons. The van der Waals surface area contributed by atoms with Crippen LogP contribution in [0.4, 0.5) is 4.39 Å². The molecule has 1 atom stereocenters. The van der Waals surface area contributed by atoms with Gasteiger partial charge in [0.1, 0.15) is 11.9 Å². The second-order valence-corrected chi connectivity index (χ2v) is 8.58. The number of nitrogens with one attached hydrogen (secondary N) is 1. The van der Waals surface area contributed by atoms with Crippen molar-refractivity contribution in [2.45, 2.75) is 44.6 Å². The van der Waals surface area contributed by atoms with Crippen LogP contribution in [0.15, 0.2) is 69.1 Å². The Bertz CT molecular complexity index is 1110. The zero-order valence-electron chi connectivity index (χ0n) is 19.5. The molecule has 2 heterocycles. The van der Waals surface area contributed by atoms with Gasteiger partial charge in [0.25, 0.3) is 0 Å². The van der Waals surface area contributed by atoms with E-state index in [4.69, 9.17) is 10.6 Å². The van der Waals surface area contributed by atoms with Crippen LogP contribution in [0.25, 0.3) is 11.1 Å². The number of aromatic nitrogens is 1. The molecule has 0 spiro atoms. The number of pyridine rings is 1. The maximum Gasteiger partial charge on any atom is 0.130 e. The van der Waals surface area contributed by atoms with Gasteiger partial charge in [-0.25, -0.2) is 4.39 Å². The molecule has 178 valence electrons. The predicted molar refractivity (Wildman–Crippen MR) is 135 cm³/mol. The summed E-state index contributed by atoms with van der Waals surface area (Å²) in [4.78, 5) is 19.0. The summed E-state index contributed by atoms with van der Waals surface area (Å²) in [5.41, 5.74) is 11.7. The lowest BCUT2D eigenvalue weighted by molar-refractivity contribution is 0.0373. The Labute approximate surface area is 199 Å². The highest BCUT2D eigenvalue weighted by Crippen LogP contribution is 2.39. The van der Waals surface area contributed by atoms with E-state index < -0.39 is 0 Å². The monoisotopic (exact) mass is 462 g/mol. The molecule has 1 aliphatic carbocycles. The molecule has 7 nitrogen and oxygen atoms in total. The summed E-state index contributed by atoms with van der Waals surface area (Å²) in [5.74, 6) is -0.275. The van der Waals surface area contributed by atoms with Crippen molar-refractivity contribution >= 4 is 18.1 Å². The summed E-state index contributed by atoms with van der Waals surface area (Å²) in [6.45, 7) is 7.58. The summed E-state index contributed by atoms with van der Waals surface area (Å²) in [5, 5.41) is 7.96. The molecule has 2 aromatic rings. The molecule has 3 N–H and O–H groups in total. The lowest BCUT2D eigenvalue weighted by Gasteiger charge is -2.30. The zero-order chi connectivity index (χ0) is 23.9. The number of aliphatic imine (C=N–C) groups is 2. The third kappa shape index (κ3) is 5.46. The van der Waals surface area contributed by atoms with Crippen LogP contribution < -0.4 is 11.1 Å². The van der Waals surface area contributed by atoms with Gasteiger partial charge in [-0.1, -0.05) is 17.3 Å². The Hall–Kier alpha value is -3.23. The number of rotatable bonds is 6. The Morgan fingerprint density at radius 2 is 2.03 bits per heavy atom. The number of nitrogens with zero attached hydrogens (tertiary/aromatic N) is 4. The van der Waals surface area contributed by atoms with Crippen LogP contribution in [-0.2, 0) is 4.84 Å². The van der Waals surface area contributed by atoms with Crippen LogP contribution in [0.3, 0.4) is 0 Å². The zero-order valence-corrected chi connectivity index (χ0v) is 19.5. The lowest BCUT2D eigenvalue weighted by atomic mass is 9.76. The molecule has 0 bridgehead atoms. The van der Waals surface area contributed by atoms with Crippen LogP contribution in [0.1, 0.15) is 44.1 Å². The van der Waals surface area contributed by atoms with E-state index in [0.717, 1.165) is 65.3 Å². The molecular formula is C26H31FN6O. The first-order chi connectivity index (χ1) is 16.6. The van der Waals surface area contributed by atoms with Gasteiger partial charge in [-0.15, -0.1) is 0 Å². The van der Waals surface area contributed by atoms with Crippen molar-refractivity contribution in [1.82, 2.24) is 10.3 Å².